The van der Waals surface area contributed by atoms with Gasteiger partial charge in [0.15, 0.2) is 6.61 Å². The molecule has 1 atom stereocenters. The van der Waals surface area contributed by atoms with Crippen molar-refractivity contribution < 1.29 is 19.4 Å². The fourth-order valence-corrected chi connectivity index (χ4v) is 2.19. The van der Waals surface area contributed by atoms with Gasteiger partial charge in [-0.05, 0) is 42.0 Å². The van der Waals surface area contributed by atoms with Gasteiger partial charge in [-0.2, -0.15) is 0 Å². The summed E-state index contributed by atoms with van der Waals surface area (Å²) in [7, 11) is 5.49. The molecule has 2 aromatic rings. The van der Waals surface area contributed by atoms with E-state index in [0.29, 0.717) is 5.75 Å². The quantitative estimate of drug-likeness (QED) is 0.766. The third-order valence-electron chi connectivity index (χ3n) is 3.72. The SMILES string of the molecule is COc1ccc(OCC(=O)NCC(O)c2ccc(N(C)C)cc2)cc1. The Labute approximate surface area is 148 Å². The van der Waals surface area contributed by atoms with E-state index in [0.717, 1.165) is 17.0 Å². The van der Waals surface area contributed by atoms with Crippen molar-refractivity contribution in [3.05, 3.63) is 54.1 Å². The molecule has 2 rings (SSSR count). The van der Waals surface area contributed by atoms with Crippen LogP contribution in [0.25, 0.3) is 0 Å². The van der Waals surface area contributed by atoms with Crippen molar-refractivity contribution >= 4 is 11.6 Å². The molecule has 6 heteroatoms. The van der Waals surface area contributed by atoms with Crippen LogP contribution in [0.1, 0.15) is 11.7 Å². The van der Waals surface area contributed by atoms with E-state index in [1.807, 2.05) is 43.3 Å². The van der Waals surface area contributed by atoms with Gasteiger partial charge in [-0.15, -0.1) is 0 Å². The van der Waals surface area contributed by atoms with E-state index < -0.39 is 6.10 Å². The molecule has 25 heavy (non-hydrogen) atoms. The lowest BCUT2D eigenvalue weighted by Gasteiger charge is -2.16. The number of hydrogen-bond donors (Lipinski definition) is 2. The molecular formula is C19H24N2O4. The Kier molecular flexibility index (Phi) is 6.65. The molecule has 0 saturated carbocycles. The highest BCUT2D eigenvalue weighted by Gasteiger charge is 2.10. The molecule has 0 aliphatic heterocycles. The minimum Gasteiger partial charge on any atom is -0.497 e. The van der Waals surface area contributed by atoms with E-state index in [4.69, 9.17) is 9.47 Å². The predicted octanol–water partition coefficient (Wildman–Crippen LogP) is 1.99. The van der Waals surface area contributed by atoms with Gasteiger partial charge in [0.1, 0.15) is 11.5 Å². The Hall–Kier alpha value is -2.73. The first kappa shape index (κ1) is 18.6. The highest BCUT2D eigenvalue weighted by atomic mass is 16.5. The maximum absolute atomic E-state index is 11.8. The smallest absolute Gasteiger partial charge is 0.258 e. The van der Waals surface area contributed by atoms with Gasteiger partial charge in [0, 0.05) is 26.3 Å². The average molecular weight is 344 g/mol. The Morgan fingerprint density at radius 2 is 1.68 bits per heavy atom. The van der Waals surface area contributed by atoms with Gasteiger partial charge >= 0.3 is 0 Å². The number of nitrogens with zero attached hydrogens (tertiary/aromatic N) is 1. The topological polar surface area (TPSA) is 71.0 Å². The number of aliphatic hydroxyl groups excluding tert-OH is 1. The molecule has 0 fully saturated rings. The Balaban J connectivity index is 1.76. The van der Waals surface area contributed by atoms with Crippen molar-refractivity contribution in [2.45, 2.75) is 6.10 Å². The first-order chi connectivity index (χ1) is 12.0. The van der Waals surface area contributed by atoms with Gasteiger partial charge in [0.2, 0.25) is 0 Å². The van der Waals surface area contributed by atoms with Crippen LogP contribution >= 0.6 is 0 Å². The second-order valence-corrected chi connectivity index (χ2v) is 5.77. The number of ether oxygens (including phenoxy) is 2. The summed E-state index contributed by atoms with van der Waals surface area (Å²) in [5.41, 5.74) is 1.80. The van der Waals surface area contributed by atoms with Gasteiger partial charge in [0.05, 0.1) is 13.2 Å². The number of carbonyl (C=O) groups is 1. The van der Waals surface area contributed by atoms with Crippen LogP contribution in [0.15, 0.2) is 48.5 Å². The lowest BCUT2D eigenvalue weighted by Crippen LogP contribution is -2.32. The monoisotopic (exact) mass is 344 g/mol. The molecule has 2 aromatic carbocycles. The first-order valence-electron chi connectivity index (χ1n) is 7.98. The molecule has 0 aliphatic rings. The minimum absolute atomic E-state index is 0.112. The van der Waals surface area contributed by atoms with Crippen LogP contribution in [-0.4, -0.2) is 45.4 Å². The number of methoxy groups -OCH3 is 1. The highest BCUT2D eigenvalue weighted by molar-refractivity contribution is 5.77. The third kappa shape index (κ3) is 5.69. The van der Waals surface area contributed by atoms with Crippen molar-refractivity contribution in [2.24, 2.45) is 0 Å². The summed E-state index contributed by atoms with van der Waals surface area (Å²) < 4.78 is 10.4. The van der Waals surface area contributed by atoms with Crippen molar-refractivity contribution in [3.63, 3.8) is 0 Å². The van der Waals surface area contributed by atoms with E-state index in [1.165, 1.54) is 0 Å². The van der Waals surface area contributed by atoms with Crippen LogP contribution in [0.3, 0.4) is 0 Å². The predicted molar refractivity (Wildman–Crippen MR) is 97.2 cm³/mol. The second-order valence-electron chi connectivity index (χ2n) is 5.77. The van der Waals surface area contributed by atoms with E-state index in [-0.39, 0.29) is 19.1 Å². The van der Waals surface area contributed by atoms with Gasteiger partial charge in [-0.25, -0.2) is 0 Å². The van der Waals surface area contributed by atoms with Crippen molar-refractivity contribution in [3.8, 4) is 11.5 Å². The molecular weight excluding hydrogens is 320 g/mol. The lowest BCUT2D eigenvalue weighted by molar-refractivity contribution is -0.123. The van der Waals surface area contributed by atoms with Gasteiger partial charge < -0.3 is 24.8 Å². The van der Waals surface area contributed by atoms with Crippen molar-refractivity contribution in [1.82, 2.24) is 5.32 Å². The zero-order valence-electron chi connectivity index (χ0n) is 14.7. The number of rotatable bonds is 8. The Morgan fingerprint density at radius 1 is 1.08 bits per heavy atom. The summed E-state index contributed by atoms with van der Waals surface area (Å²) in [5.74, 6) is 1.01. The number of hydrogen-bond acceptors (Lipinski definition) is 5. The molecule has 0 bridgehead atoms. The maximum atomic E-state index is 11.8. The highest BCUT2D eigenvalue weighted by Crippen LogP contribution is 2.18. The molecule has 1 amide bonds. The fraction of sp³-hybridized carbons (Fsp3) is 0.316. The molecule has 0 spiro atoms. The van der Waals surface area contributed by atoms with Crippen LogP contribution in [0.2, 0.25) is 0 Å². The summed E-state index contributed by atoms with van der Waals surface area (Å²) in [5, 5.41) is 12.8. The first-order valence-corrected chi connectivity index (χ1v) is 7.98. The zero-order chi connectivity index (χ0) is 18.2. The van der Waals surface area contributed by atoms with Crippen LogP contribution in [0.4, 0.5) is 5.69 Å². The molecule has 0 aliphatic carbocycles. The number of aliphatic hydroxyl groups is 1. The van der Waals surface area contributed by atoms with Gasteiger partial charge in [-0.3, -0.25) is 4.79 Å². The summed E-state index contributed by atoms with van der Waals surface area (Å²) in [6.45, 7) is 0.0186. The molecule has 2 N–H and O–H groups in total. The van der Waals surface area contributed by atoms with Gasteiger partial charge in [0.25, 0.3) is 5.91 Å². The third-order valence-corrected chi connectivity index (χ3v) is 3.72. The zero-order valence-corrected chi connectivity index (χ0v) is 14.7. The molecule has 134 valence electrons. The average Bonchev–Trinajstić information content (AvgIpc) is 2.64. The molecule has 0 aromatic heterocycles. The number of benzene rings is 2. The summed E-state index contributed by atoms with van der Waals surface area (Å²) in [6.07, 6.45) is -0.763. The maximum Gasteiger partial charge on any atom is 0.258 e. The number of nitrogens with one attached hydrogen (secondary N) is 1. The van der Waals surface area contributed by atoms with E-state index in [2.05, 4.69) is 5.32 Å². The van der Waals surface area contributed by atoms with Crippen molar-refractivity contribution in [1.29, 1.82) is 0 Å². The van der Waals surface area contributed by atoms with E-state index in [1.54, 1.807) is 31.4 Å². The standard InChI is InChI=1S/C19H24N2O4/c1-21(2)15-6-4-14(5-7-15)18(22)12-20-19(23)13-25-17-10-8-16(24-3)9-11-17/h4-11,18,22H,12-13H2,1-3H3,(H,20,23). The normalized spacial score (nSPS) is 11.5. The molecule has 0 heterocycles. The number of carbonyl (C=O) groups excluding carboxylic acids is 1. The molecule has 0 radical (unpaired) electrons. The van der Waals surface area contributed by atoms with Crippen LogP contribution < -0.4 is 19.7 Å². The van der Waals surface area contributed by atoms with Crippen molar-refractivity contribution in [2.75, 3.05) is 39.3 Å². The van der Waals surface area contributed by atoms with Crippen LogP contribution in [0, 0.1) is 0 Å². The van der Waals surface area contributed by atoms with Gasteiger partial charge in [-0.1, -0.05) is 12.1 Å². The van der Waals surface area contributed by atoms with Crippen LogP contribution in [-0.2, 0) is 4.79 Å². The summed E-state index contributed by atoms with van der Waals surface area (Å²) in [6, 6.07) is 14.5. The summed E-state index contributed by atoms with van der Waals surface area (Å²) >= 11 is 0. The largest absolute Gasteiger partial charge is 0.497 e. The van der Waals surface area contributed by atoms with E-state index in [9.17, 15) is 9.90 Å². The second kappa shape index (κ2) is 8.94. The summed E-state index contributed by atoms with van der Waals surface area (Å²) in [4.78, 5) is 13.8. The number of anilines is 1. The fourth-order valence-electron chi connectivity index (χ4n) is 2.19. The number of amides is 1. The Morgan fingerprint density at radius 3 is 2.24 bits per heavy atom. The lowest BCUT2D eigenvalue weighted by atomic mass is 10.1. The molecule has 0 saturated heterocycles. The minimum atomic E-state index is -0.763. The van der Waals surface area contributed by atoms with E-state index >= 15 is 0 Å². The Bertz CT molecular complexity index is 669. The molecule has 6 nitrogen and oxygen atoms in total. The van der Waals surface area contributed by atoms with Crippen LogP contribution in [0.5, 0.6) is 11.5 Å². The molecule has 1 unspecified atom stereocenters.